The van der Waals surface area contributed by atoms with Crippen molar-refractivity contribution in [2.45, 2.75) is 31.5 Å². The molecule has 0 aromatic heterocycles. The van der Waals surface area contributed by atoms with Gasteiger partial charge in [-0.15, -0.1) is 0 Å². The van der Waals surface area contributed by atoms with Gasteiger partial charge >= 0.3 is 0 Å². The van der Waals surface area contributed by atoms with Gasteiger partial charge in [0.2, 0.25) is 0 Å². The summed E-state index contributed by atoms with van der Waals surface area (Å²) in [5.41, 5.74) is 1.28. The number of aryl methyl sites for hydroxylation is 1. The Morgan fingerprint density at radius 1 is 1.12 bits per heavy atom. The van der Waals surface area contributed by atoms with Crippen molar-refractivity contribution in [3.63, 3.8) is 0 Å². The number of rotatable bonds is 6. The van der Waals surface area contributed by atoms with E-state index in [9.17, 15) is 0 Å². The van der Waals surface area contributed by atoms with E-state index in [1.165, 1.54) is 5.56 Å². The molecule has 0 saturated carbocycles. The molecular formula is C14H21BrO2. The highest BCUT2D eigenvalue weighted by Gasteiger charge is 2.10. The monoisotopic (exact) mass is 300 g/mol. The van der Waals surface area contributed by atoms with Gasteiger partial charge in [0.15, 0.2) is 11.5 Å². The van der Waals surface area contributed by atoms with E-state index in [1.807, 2.05) is 6.07 Å². The summed E-state index contributed by atoms with van der Waals surface area (Å²) in [5.74, 6) is 2.26. The fourth-order valence-corrected chi connectivity index (χ4v) is 1.90. The van der Waals surface area contributed by atoms with E-state index < -0.39 is 0 Å². The number of hydrogen-bond acceptors (Lipinski definition) is 2. The summed E-state index contributed by atoms with van der Waals surface area (Å²) in [7, 11) is 3.33. The first-order valence-corrected chi connectivity index (χ1v) is 6.85. The maximum atomic E-state index is 5.29. The van der Waals surface area contributed by atoms with Gasteiger partial charge in [-0.05, 0) is 36.5 Å². The standard InChI is InChI=1S/C14H21BrO2/c1-10(2)12(15)7-5-11-6-8-13(16-3)14(9-11)17-4/h6,8-10,12H,5,7H2,1-4H3. The Kier molecular flexibility index (Phi) is 5.83. The van der Waals surface area contributed by atoms with Crippen molar-refractivity contribution >= 4 is 15.9 Å². The number of methoxy groups -OCH3 is 2. The lowest BCUT2D eigenvalue weighted by molar-refractivity contribution is 0.354. The van der Waals surface area contributed by atoms with E-state index in [2.05, 4.69) is 41.9 Å². The molecule has 0 aliphatic rings. The highest BCUT2D eigenvalue weighted by atomic mass is 79.9. The van der Waals surface area contributed by atoms with Gasteiger partial charge in [-0.2, -0.15) is 0 Å². The van der Waals surface area contributed by atoms with Crippen LogP contribution >= 0.6 is 15.9 Å². The molecule has 1 aromatic rings. The molecule has 0 amide bonds. The molecule has 1 rings (SSSR count). The number of benzene rings is 1. The molecule has 1 atom stereocenters. The lowest BCUT2D eigenvalue weighted by Crippen LogP contribution is -2.08. The number of ether oxygens (including phenoxy) is 2. The van der Waals surface area contributed by atoms with Crippen LogP contribution in [0.1, 0.15) is 25.8 Å². The van der Waals surface area contributed by atoms with E-state index in [0.717, 1.165) is 24.3 Å². The first-order valence-electron chi connectivity index (χ1n) is 5.93. The Morgan fingerprint density at radius 2 is 1.76 bits per heavy atom. The average molecular weight is 301 g/mol. The van der Waals surface area contributed by atoms with E-state index in [-0.39, 0.29) is 0 Å². The third kappa shape index (κ3) is 4.23. The zero-order chi connectivity index (χ0) is 12.8. The molecule has 0 radical (unpaired) electrons. The van der Waals surface area contributed by atoms with Gasteiger partial charge in [0.05, 0.1) is 14.2 Å². The van der Waals surface area contributed by atoms with Crippen LogP contribution in [0.3, 0.4) is 0 Å². The largest absolute Gasteiger partial charge is 0.493 e. The van der Waals surface area contributed by atoms with Crippen LogP contribution in [0.4, 0.5) is 0 Å². The minimum absolute atomic E-state index is 0.565. The quantitative estimate of drug-likeness (QED) is 0.738. The topological polar surface area (TPSA) is 18.5 Å². The van der Waals surface area contributed by atoms with Crippen LogP contribution < -0.4 is 9.47 Å². The predicted molar refractivity (Wildman–Crippen MR) is 75.4 cm³/mol. The third-order valence-corrected chi connectivity index (χ3v) is 4.40. The zero-order valence-electron chi connectivity index (χ0n) is 11.0. The van der Waals surface area contributed by atoms with Crippen LogP contribution in [0.5, 0.6) is 11.5 Å². The van der Waals surface area contributed by atoms with Gasteiger partial charge in [0, 0.05) is 4.83 Å². The van der Waals surface area contributed by atoms with Crippen LogP contribution in [-0.2, 0) is 6.42 Å². The number of halogens is 1. The maximum absolute atomic E-state index is 5.29. The normalized spacial score (nSPS) is 12.6. The molecule has 2 nitrogen and oxygen atoms in total. The van der Waals surface area contributed by atoms with Crippen LogP contribution in [0.15, 0.2) is 18.2 Å². The van der Waals surface area contributed by atoms with Crippen molar-refractivity contribution in [1.82, 2.24) is 0 Å². The molecule has 0 aliphatic heterocycles. The molecule has 96 valence electrons. The highest BCUT2D eigenvalue weighted by molar-refractivity contribution is 9.09. The first-order chi connectivity index (χ1) is 8.08. The Hall–Kier alpha value is -0.700. The number of alkyl halides is 1. The van der Waals surface area contributed by atoms with E-state index in [0.29, 0.717) is 10.7 Å². The Morgan fingerprint density at radius 3 is 2.29 bits per heavy atom. The average Bonchev–Trinajstić information content (AvgIpc) is 2.35. The smallest absolute Gasteiger partial charge is 0.160 e. The second-order valence-corrected chi connectivity index (χ2v) is 5.66. The molecule has 0 heterocycles. The van der Waals surface area contributed by atoms with Gasteiger partial charge in [-0.25, -0.2) is 0 Å². The SMILES string of the molecule is COc1ccc(CCC(Br)C(C)C)cc1OC. The molecule has 0 spiro atoms. The van der Waals surface area contributed by atoms with E-state index in [4.69, 9.17) is 9.47 Å². The van der Waals surface area contributed by atoms with E-state index in [1.54, 1.807) is 14.2 Å². The first kappa shape index (κ1) is 14.4. The molecule has 0 fully saturated rings. The molecule has 1 aromatic carbocycles. The summed E-state index contributed by atoms with van der Waals surface area (Å²) in [6, 6.07) is 6.12. The van der Waals surface area contributed by atoms with Gasteiger partial charge in [-0.1, -0.05) is 35.8 Å². The molecule has 0 bridgehead atoms. The molecule has 17 heavy (non-hydrogen) atoms. The highest BCUT2D eigenvalue weighted by Crippen LogP contribution is 2.28. The van der Waals surface area contributed by atoms with E-state index >= 15 is 0 Å². The molecular weight excluding hydrogens is 280 g/mol. The van der Waals surface area contributed by atoms with Gasteiger partial charge < -0.3 is 9.47 Å². The van der Waals surface area contributed by atoms with Crippen molar-refractivity contribution in [1.29, 1.82) is 0 Å². The summed E-state index contributed by atoms with van der Waals surface area (Å²) < 4.78 is 10.5. The minimum Gasteiger partial charge on any atom is -0.493 e. The fraction of sp³-hybridized carbons (Fsp3) is 0.571. The van der Waals surface area contributed by atoms with Crippen LogP contribution in [-0.4, -0.2) is 19.0 Å². The second-order valence-electron chi connectivity index (χ2n) is 4.49. The molecule has 1 unspecified atom stereocenters. The Balaban J connectivity index is 2.66. The maximum Gasteiger partial charge on any atom is 0.160 e. The Bertz CT molecular complexity index is 350. The van der Waals surface area contributed by atoms with Gasteiger partial charge in [0.25, 0.3) is 0 Å². The lowest BCUT2D eigenvalue weighted by Gasteiger charge is -2.14. The molecule has 0 aliphatic carbocycles. The summed E-state index contributed by atoms with van der Waals surface area (Å²) in [5, 5.41) is 0. The Labute approximate surface area is 112 Å². The van der Waals surface area contributed by atoms with Gasteiger partial charge in [0.1, 0.15) is 0 Å². The van der Waals surface area contributed by atoms with Gasteiger partial charge in [-0.3, -0.25) is 0 Å². The van der Waals surface area contributed by atoms with Crippen molar-refractivity contribution in [3.05, 3.63) is 23.8 Å². The summed E-state index contributed by atoms with van der Waals surface area (Å²) in [6.45, 7) is 4.46. The molecule has 0 saturated heterocycles. The summed E-state index contributed by atoms with van der Waals surface area (Å²) in [6.07, 6.45) is 2.18. The van der Waals surface area contributed by atoms with Crippen LogP contribution in [0.25, 0.3) is 0 Å². The van der Waals surface area contributed by atoms with Crippen molar-refractivity contribution in [2.75, 3.05) is 14.2 Å². The van der Waals surface area contributed by atoms with Crippen LogP contribution in [0, 0.1) is 5.92 Å². The summed E-state index contributed by atoms with van der Waals surface area (Å²) >= 11 is 3.71. The predicted octanol–water partition coefficient (Wildman–Crippen LogP) is 4.06. The number of hydrogen-bond donors (Lipinski definition) is 0. The fourth-order valence-electron chi connectivity index (χ4n) is 1.67. The second kappa shape index (κ2) is 6.90. The van der Waals surface area contributed by atoms with Crippen LogP contribution in [0.2, 0.25) is 0 Å². The third-order valence-electron chi connectivity index (χ3n) is 2.88. The van der Waals surface area contributed by atoms with Crippen molar-refractivity contribution < 1.29 is 9.47 Å². The van der Waals surface area contributed by atoms with Crippen molar-refractivity contribution in [3.8, 4) is 11.5 Å². The minimum atomic E-state index is 0.565. The molecule has 0 N–H and O–H groups in total. The molecule has 3 heteroatoms. The lowest BCUT2D eigenvalue weighted by atomic mass is 10.0. The summed E-state index contributed by atoms with van der Waals surface area (Å²) in [4.78, 5) is 0.565. The zero-order valence-corrected chi connectivity index (χ0v) is 12.6. The van der Waals surface area contributed by atoms with Crippen molar-refractivity contribution in [2.24, 2.45) is 5.92 Å².